The number of rotatable bonds is 3. The molecule has 7 heteroatoms. The number of anilines is 1. The van der Waals surface area contributed by atoms with Gasteiger partial charge < -0.3 is 24.8 Å². The molecule has 0 amide bonds. The van der Waals surface area contributed by atoms with Crippen LogP contribution in [0.1, 0.15) is 18.9 Å². The van der Waals surface area contributed by atoms with Gasteiger partial charge in [0.15, 0.2) is 16.6 Å². The molecule has 2 N–H and O–H groups in total. The van der Waals surface area contributed by atoms with Gasteiger partial charge in [-0.1, -0.05) is 0 Å². The third kappa shape index (κ3) is 2.29. The molecule has 22 heavy (non-hydrogen) atoms. The number of phenols is 1. The SMILES string of the molecule is CCOC(=O)C1=C2CCc3cc(OC)c(O)cc3N2C(Br)N1. The molecule has 6 nitrogen and oxygen atoms in total. The number of benzene rings is 1. The van der Waals surface area contributed by atoms with Crippen molar-refractivity contribution < 1.29 is 19.4 Å². The smallest absolute Gasteiger partial charge is 0.356 e. The molecular weight excluding hydrogens is 352 g/mol. The van der Waals surface area contributed by atoms with Gasteiger partial charge in [-0.3, -0.25) is 0 Å². The number of hydrogen-bond donors (Lipinski definition) is 2. The monoisotopic (exact) mass is 368 g/mol. The Labute approximate surface area is 136 Å². The molecule has 1 aromatic carbocycles. The van der Waals surface area contributed by atoms with E-state index >= 15 is 0 Å². The van der Waals surface area contributed by atoms with Crippen molar-refractivity contribution in [1.29, 1.82) is 0 Å². The quantitative estimate of drug-likeness (QED) is 0.484. The highest BCUT2D eigenvalue weighted by molar-refractivity contribution is 9.09. The van der Waals surface area contributed by atoms with Gasteiger partial charge in [-0.05, 0) is 47.3 Å². The first kappa shape index (κ1) is 15.0. The molecule has 0 saturated heterocycles. The number of hydrogen-bond acceptors (Lipinski definition) is 6. The van der Waals surface area contributed by atoms with E-state index in [9.17, 15) is 9.90 Å². The predicted molar refractivity (Wildman–Crippen MR) is 85.0 cm³/mol. The molecule has 0 fully saturated rings. The van der Waals surface area contributed by atoms with E-state index in [0.717, 1.165) is 23.4 Å². The van der Waals surface area contributed by atoms with E-state index < -0.39 is 0 Å². The van der Waals surface area contributed by atoms with Crippen molar-refractivity contribution in [3.05, 3.63) is 29.1 Å². The van der Waals surface area contributed by atoms with Gasteiger partial charge in [0.25, 0.3) is 0 Å². The van der Waals surface area contributed by atoms with Crippen molar-refractivity contribution >= 4 is 27.6 Å². The number of nitrogens with one attached hydrogen (secondary N) is 1. The minimum atomic E-state index is -0.356. The zero-order valence-electron chi connectivity index (χ0n) is 12.4. The molecule has 0 aromatic heterocycles. The van der Waals surface area contributed by atoms with Gasteiger partial charge in [-0.15, -0.1) is 0 Å². The van der Waals surface area contributed by atoms with E-state index in [1.54, 1.807) is 13.0 Å². The summed E-state index contributed by atoms with van der Waals surface area (Å²) in [6.07, 6.45) is 1.48. The normalized spacial score (nSPS) is 19.4. The number of phenolic OH excluding ortho intramolecular Hbond substituents is 1. The number of halogens is 1. The number of carbonyl (C=O) groups is 1. The summed E-state index contributed by atoms with van der Waals surface area (Å²) < 4.78 is 10.3. The van der Waals surface area contributed by atoms with Crippen molar-refractivity contribution in [1.82, 2.24) is 5.32 Å². The van der Waals surface area contributed by atoms with Gasteiger partial charge in [-0.2, -0.15) is 0 Å². The molecule has 1 atom stereocenters. The zero-order valence-corrected chi connectivity index (χ0v) is 13.9. The van der Waals surface area contributed by atoms with Crippen LogP contribution in [0.15, 0.2) is 23.5 Å². The van der Waals surface area contributed by atoms with Gasteiger partial charge in [0.1, 0.15) is 5.70 Å². The van der Waals surface area contributed by atoms with Gasteiger partial charge in [0.05, 0.1) is 25.1 Å². The number of ether oxygens (including phenoxy) is 2. The first-order valence-electron chi connectivity index (χ1n) is 7.06. The van der Waals surface area contributed by atoms with E-state index in [2.05, 4.69) is 21.2 Å². The summed E-state index contributed by atoms with van der Waals surface area (Å²) in [6.45, 7) is 2.11. The lowest BCUT2D eigenvalue weighted by atomic mass is 9.98. The van der Waals surface area contributed by atoms with E-state index in [0.29, 0.717) is 24.5 Å². The van der Waals surface area contributed by atoms with Crippen LogP contribution in [0.25, 0.3) is 0 Å². The van der Waals surface area contributed by atoms with E-state index in [1.807, 2.05) is 11.0 Å². The van der Waals surface area contributed by atoms with Crippen LogP contribution in [0.2, 0.25) is 0 Å². The number of allylic oxidation sites excluding steroid dienone is 1. The fourth-order valence-electron chi connectivity index (χ4n) is 2.86. The number of esters is 1. The molecule has 3 rings (SSSR count). The average Bonchev–Trinajstić information content (AvgIpc) is 2.84. The Kier molecular flexibility index (Phi) is 3.90. The lowest BCUT2D eigenvalue weighted by molar-refractivity contribution is -0.138. The standard InChI is InChI=1S/C15H17BrN2O4/c1-3-22-14(20)13-9-5-4-8-6-12(21-2)11(19)7-10(8)18(9)15(16)17-13/h6-7,15,17,19H,3-5H2,1-2H3. The summed E-state index contributed by atoms with van der Waals surface area (Å²) in [5, 5.41) is 12.9. The fraction of sp³-hybridized carbons (Fsp3) is 0.400. The van der Waals surface area contributed by atoms with E-state index in [4.69, 9.17) is 9.47 Å². The van der Waals surface area contributed by atoms with Crippen LogP contribution in [0.5, 0.6) is 11.5 Å². The largest absolute Gasteiger partial charge is 0.504 e. The van der Waals surface area contributed by atoms with Gasteiger partial charge in [-0.25, -0.2) is 4.79 Å². The summed E-state index contributed by atoms with van der Waals surface area (Å²) in [4.78, 5) is 14.0. The molecule has 0 bridgehead atoms. The van der Waals surface area contributed by atoms with E-state index in [-0.39, 0.29) is 16.8 Å². The topological polar surface area (TPSA) is 71.0 Å². The summed E-state index contributed by atoms with van der Waals surface area (Å²) in [6, 6.07) is 3.50. The van der Waals surface area contributed by atoms with Crippen molar-refractivity contribution in [2.75, 3.05) is 18.6 Å². The molecule has 0 aliphatic carbocycles. The maximum absolute atomic E-state index is 12.1. The van der Waals surface area contributed by atoms with Crippen LogP contribution >= 0.6 is 15.9 Å². The molecule has 2 aliphatic heterocycles. The third-order valence-corrected chi connectivity index (χ3v) is 4.46. The molecule has 118 valence electrons. The van der Waals surface area contributed by atoms with Crippen molar-refractivity contribution in [2.24, 2.45) is 0 Å². The van der Waals surface area contributed by atoms with Crippen LogP contribution in [-0.2, 0) is 16.0 Å². The Morgan fingerprint density at radius 1 is 1.50 bits per heavy atom. The van der Waals surface area contributed by atoms with Crippen molar-refractivity contribution in [3.8, 4) is 11.5 Å². The third-order valence-electron chi connectivity index (χ3n) is 3.82. The summed E-state index contributed by atoms with van der Waals surface area (Å²) in [5.74, 6) is 0.174. The first-order valence-corrected chi connectivity index (χ1v) is 7.98. The molecule has 0 spiro atoms. The molecule has 2 aliphatic rings. The number of carbonyl (C=O) groups excluding carboxylic acids is 1. The number of aryl methyl sites for hydroxylation is 1. The molecule has 2 heterocycles. The number of aromatic hydroxyl groups is 1. The van der Waals surface area contributed by atoms with Crippen LogP contribution < -0.4 is 15.0 Å². The Balaban J connectivity index is 2.04. The molecule has 0 saturated carbocycles. The molecular formula is C15H17BrN2O4. The number of methoxy groups -OCH3 is 1. The lowest BCUT2D eigenvalue weighted by Crippen LogP contribution is -2.34. The second-order valence-corrected chi connectivity index (χ2v) is 5.91. The van der Waals surface area contributed by atoms with Crippen molar-refractivity contribution in [2.45, 2.75) is 24.8 Å². The second-order valence-electron chi connectivity index (χ2n) is 5.05. The maximum atomic E-state index is 12.1. The second kappa shape index (κ2) is 5.72. The predicted octanol–water partition coefficient (Wildman–Crippen LogP) is 2.21. The first-order chi connectivity index (χ1) is 10.6. The number of fused-ring (bicyclic) bond motifs is 3. The Bertz CT molecular complexity index is 659. The van der Waals surface area contributed by atoms with Crippen LogP contribution in [0.3, 0.4) is 0 Å². The van der Waals surface area contributed by atoms with Crippen LogP contribution in [0.4, 0.5) is 5.69 Å². The van der Waals surface area contributed by atoms with Crippen LogP contribution in [0, 0.1) is 0 Å². The molecule has 1 aromatic rings. The highest BCUT2D eigenvalue weighted by Gasteiger charge is 2.38. The van der Waals surface area contributed by atoms with Gasteiger partial charge in [0.2, 0.25) is 0 Å². The van der Waals surface area contributed by atoms with Gasteiger partial charge in [0, 0.05) is 6.07 Å². The maximum Gasteiger partial charge on any atom is 0.356 e. The highest BCUT2D eigenvalue weighted by atomic mass is 79.9. The van der Waals surface area contributed by atoms with Gasteiger partial charge >= 0.3 is 5.97 Å². The minimum Gasteiger partial charge on any atom is -0.504 e. The Hall–Kier alpha value is -1.89. The Morgan fingerprint density at radius 3 is 2.95 bits per heavy atom. The Morgan fingerprint density at radius 2 is 2.27 bits per heavy atom. The lowest BCUT2D eigenvalue weighted by Gasteiger charge is -2.32. The molecule has 1 unspecified atom stereocenters. The average molecular weight is 369 g/mol. The number of nitrogens with zero attached hydrogens (tertiary/aromatic N) is 1. The highest BCUT2D eigenvalue weighted by Crippen LogP contribution is 2.44. The summed E-state index contributed by atoms with van der Waals surface area (Å²) in [5.41, 5.74) is 3.27. The van der Waals surface area contributed by atoms with Crippen molar-refractivity contribution in [3.63, 3.8) is 0 Å². The minimum absolute atomic E-state index is 0.0757. The summed E-state index contributed by atoms with van der Waals surface area (Å²) >= 11 is 3.52. The summed E-state index contributed by atoms with van der Waals surface area (Å²) in [7, 11) is 1.53. The van der Waals surface area contributed by atoms with Crippen LogP contribution in [-0.4, -0.2) is 29.9 Å². The number of alkyl halides is 1. The molecule has 0 radical (unpaired) electrons. The fourth-order valence-corrected chi connectivity index (χ4v) is 3.55. The zero-order chi connectivity index (χ0) is 15.9. The van der Waals surface area contributed by atoms with E-state index in [1.165, 1.54) is 7.11 Å².